The van der Waals surface area contributed by atoms with Crippen molar-refractivity contribution in [2.75, 3.05) is 18.5 Å². The summed E-state index contributed by atoms with van der Waals surface area (Å²) in [7, 11) is 0. The predicted octanol–water partition coefficient (Wildman–Crippen LogP) is 1.38. The molecule has 92 valence electrons. The number of carbonyl (C=O) groups excluding carboxylic acids is 1. The molecular weight excluding hydrogens is 216 g/mol. The fourth-order valence-electron chi connectivity index (χ4n) is 2.04. The number of hydrogen-bond acceptors (Lipinski definition) is 4. The zero-order valence-corrected chi connectivity index (χ0v) is 9.85. The van der Waals surface area contributed by atoms with Crippen molar-refractivity contribution in [2.24, 2.45) is 5.84 Å². The number of amides is 1. The molecule has 2 rings (SSSR count). The maximum Gasteiger partial charge on any atom is 0.272 e. The van der Waals surface area contributed by atoms with Crippen LogP contribution in [0.1, 0.15) is 36.2 Å². The highest BCUT2D eigenvalue weighted by molar-refractivity contribution is 5.92. The van der Waals surface area contributed by atoms with E-state index in [-0.39, 0.29) is 5.91 Å². The van der Waals surface area contributed by atoms with Gasteiger partial charge in [-0.3, -0.25) is 10.6 Å². The molecule has 0 aromatic carbocycles. The SMILES string of the molecule is NNc1ccc(C(=O)N2CCCCCC2)nc1. The summed E-state index contributed by atoms with van der Waals surface area (Å²) in [6, 6.07) is 3.47. The summed E-state index contributed by atoms with van der Waals surface area (Å²) >= 11 is 0. The third-order valence-electron chi connectivity index (χ3n) is 3.04. The van der Waals surface area contributed by atoms with E-state index in [0.29, 0.717) is 11.4 Å². The van der Waals surface area contributed by atoms with E-state index in [2.05, 4.69) is 10.4 Å². The normalized spacial score (nSPS) is 16.4. The van der Waals surface area contributed by atoms with E-state index >= 15 is 0 Å². The Bertz CT molecular complexity index is 369. The molecular formula is C12H18N4O. The minimum absolute atomic E-state index is 0.0236. The lowest BCUT2D eigenvalue weighted by Gasteiger charge is -2.19. The van der Waals surface area contributed by atoms with E-state index in [1.54, 1.807) is 18.3 Å². The zero-order chi connectivity index (χ0) is 12.1. The number of nitrogens with two attached hydrogens (primary N) is 1. The minimum atomic E-state index is 0.0236. The summed E-state index contributed by atoms with van der Waals surface area (Å²) in [5, 5.41) is 0. The standard InChI is InChI=1S/C12H18N4O/c13-15-10-5-6-11(14-9-10)12(17)16-7-3-1-2-4-8-16/h5-6,9,15H,1-4,7-8,13H2. The van der Waals surface area contributed by atoms with E-state index in [0.717, 1.165) is 25.9 Å². The van der Waals surface area contributed by atoms with Crippen molar-refractivity contribution >= 4 is 11.6 Å². The third kappa shape index (κ3) is 2.94. The molecule has 1 fully saturated rings. The number of likely N-dealkylation sites (tertiary alicyclic amines) is 1. The fraction of sp³-hybridized carbons (Fsp3) is 0.500. The molecule has 5 heteroatoms. The largest absolute Gasteiger partial charge is 0.337 e. The maximum absolute atomic E-state index is 12.2. The van der Waals surface area contributed by atoms with Crippen molar-refractivity contribution in [1.82, 2.24) is 9.88 Å². The molecule has 0 bridgehead atoms. The Balaban J connectivity index is 2.06. The summed E-state index contributed by atoms with van der Waals surface area (Å²) in [5.41, 5.74) is 3.69. The van der Waals surface area contributed by atoms with Gasteiger partial charge in [-0.05, 0) is 25.0 Å². The first-order valence-corrected chi connectivity index (χ1v) is 6.03. The number of pyridine rings is 1. The number of hydrazine groups is 1. The van der Waals surface area contributed by atoms with Gasteiger partial charge in [0.05, 0.1) is 11.9 Å². The van der Waals surface area contributed by atoms with Gasteiger partial charge in [-0.1, -0.05) is 12.8 Å². The summed E-state index contributed by atoms with van der Waals surface area (Å²) in [5.74, 6) is 5.28. The Morgan fingerprint density at radius 3 is 2.47 bits per heavy atom. The number of nitrogens with zero attached hydrogens (tertiary/aromatic N) is 2. The van der Waals surface area contributed by atoms with Gasteiger partial charge in [0.15, 0.2) is 0 Å². The topological polar surface area (TPSA) is 71.2 Å². The predicted molar refractivity (Wildman–Crippen MR) is 66.4 cm³/mol. The molecule has 3 N–H and O–H groups in total. The van der Waals surface area contributed by atoms with Crippen LogP contribution in [0.4, 0.5) is 5.69 Å². The van der Waals surface area contributed by atoms with E-state index in [1.165, 1.54) is 12.8 Å². The molecule has 2 heterocycles. The number of hydrogen-bond donors (Lipinski definition) is 2. The highest BCUT2D eigenvalue weighted by atomic mass is 16.2. The average Bonchev–Trinajstić information content (AvgIpc) is 2.67. The Hall–Kier alpha value is -1.62. The van der Waals surface area contributed by atoms with Gasteiger partial charge in [-0.15, -0.1) is 0 Å². The van der Waals surface area contributed by atoms with Gasteiger partial charge < -0.3 is 10.3 Å². The van der Waals surface area contributed by atoms with Crippen molar-refractivity contribution in [1.29, 1.82) is 0 Å². The van der Waals surface area contributed by atoms with Crippen molar-refractivity contribution < 1.29 is 4.79 Å². The van der Waals surface area contributed by atoms with E-state index in [1.807, 2.05) is 4.90 Å². The molecule has 1 amide bonds. The summed E-state index contributed by atoms with van der Waals surface area (Å²) in [4.78, 5) is 18.2. The highest BCUT2D eigenvalue weighted by Gasteiger charge is 2.17. The molecule has 0 saturated carbocycles. The quantitative estimate of drug-likeness (QED) is 0.599. The van der Waals surface area contributed by atoms with Gasteiger partial charge in [-0.25, -0.2) is 4.98 Å². The highest BCUT2D eigenvalue weighted by Crippen LogP contribution is 2.13. The third-order valence-corrected chi connectivity index (χ3v) is 3.04. The molecule has 0 aliphatic carbocycles. The Morgan fingerprint density at radius 1 is 1.24 bits per heavy atom. The Kier molecular flexibility index (Phi) is 3.93. The van der Waals surface area contributed by atoms with Gasteiger partial charge in [0.1, 0.15) is 5.69 Å². The molecule has 17 heavy (non-hydrogen) atoms. The molecule has 1 aromatic heterocycles. The molecule has 0 unspecified atom stereocenters. The molecule has 1 aliphatic rings. The van der Waals surface area contributed by atoms with Crippen molar-refractivity contribution in [3.63, 3.8) is 0 Å². The first-order valence-electron chi connectivity index (χ1n) is 6.03. The Morgan fingerprint density at radius 2 is 1.94 bits per heavy atom. The lowest BCUT2D eigenvalue weighted by atomic mass is 10.2. The Labute approximate surface area is 101 Å². The van der Waals surface area contributed by atoms with Crippen LogP contribution in [0.3, 0.4) is 0 Å². The number of carbonyl (C=O) groups is 1. The summed E-state index contributed by atoms with van der Waals surface area (Å²) in [6.07, 6.45) is 6.19. The molecule has 0 atom stereocenters. The van der Waals surface area contributed by atoms with E-state index in [9.17, 15) is 4.79 Å². The lowest BCUT2D eigenvalue weighted by Crippen LogP contribution is -2.32. The minimum Gasteiger partial charge on any atom is -0.337 e. The van der Waals surface area contributed by atoms with Crippen molar-refractivity contribution in [3.8, 4) is 0 Å². The summed E-state index contributed by atoms with van der Waals surface area (Å²) < 4.78 is 0. The molecule has 1 aliphatic heterocycles. The smallest absolute Gasteiger partial charge is 0.272 e. The molecule has 0 spiro atoms. The monoisotopic (exact) mass is 234 g/mol. The zero-order valence-electron chi connectivity index (χ0n) is 9.85. The second-order valence-electron chi connectivity index (χ2n) is 4.28. The average molecular weight is 234 g/mol. The van der Waals surface area contributed by atoms with Crippen LogP contribution in [-0.2, 0) is 0 Å². The van der Waals surface area contributed by atoms with Crippen LogP contribution >= 0.6 is 0 Å². The summed E-state index contributed by atoms with van der Waals surface area (Å²) in [6.45, 7) is 1.69. The second-order valence-corrected chi connectivity index (χ2v) is 4.28. The van der Waals surface area contributed by atoms with Gasteiger partial charge >= 0.3 is 0 Å². The maximum atomic E-state index is 12.2. The van der Waals surface area contributed by atoms with E-state index in [4.69, 9.17) is 5.84 Å². The van der Waals surface area contributed by atoms with Crippen LogP contribution in [0.2, 0.25) is 0 Å². The number of nitrogen functional groups attached to an aromatic ring is 1. The van der Waals surface area contributed by atoms with Gasteiger partial charge in [-0.2, -0.15) is 0 Å². The van der Waals surface area contributed by atoms with Gasteiger partial charge in [0.25, 0.3) is 5.91 Å². The lowest BCUT2D eigenvalue weighted by molar-refractivity contribution is 0.0756. The number of aromatic nitrogens is 1. The molecule has 1 saturated heterocycles. The molecule has 0 radical (unpaired) electrons. The van der Waals surface area contributed by atoms with Crippen LogP contribution < -0.4 is 11.3 Å². The van der Waals surface area contributed by atoms with Gasteiger partial charge in [0, 0.05) is 13.1 Å². The number of anilines is 1. The second kappa shape index (κ2) is 5.63. The van der Waals surface area contributed by atoms with Crippen LogP contribution in [0.15, 0.2) is 18.3 Å². The number of nitrogens with one attached hydrogen (secondary N) is 1. The first-order chi connectivity index (χ1) is 8.31. The van der Waals surface area contributed by atoms with Gasteiger partial charge in [0.2, 0.25) is 0 Å². The van der Waals surface area contributed by atoms with Crippen LogP contribution in [0.5, 0.6) is 0 Å². The molecule has 5 nitrogen and oxygen atoms in total. The molecule has 1 aromatic rings. The van der Waals surface area contributed by atoms with E-state index < -0.39 is 0 Å². The first kappa shape index (κ1) is 11.9. The van der Waals surface area contributed by atoms with Crippen molar-refractivity contribution in [3.05, 3.63) is 24.0 Å². The van der Waals surface area contributed by atoms with Crippen molar-refractivity contribution in [2.45, 2.75) is 25.7 Å². The fourth-order valence-corrected chi connectivity index (χ4v) is 2.04. The van der Waals surface area contributed by atoms with Crippen LogP contribution in [0.25, 0.3) is 0 Å². The number of rotatable bonds is 2. The van der Waals surface area contributed by atoms with Crippen LogP contribution in [-0.4, -0.2) is 28.9 Å². The van der Waals surface area contributed by atoms with Crippen LogP contribution in [0, 0.1) is 0 Å².